The number of hydrogen-bond donors (Lipinski definition) is 1. The first-order valence-corrected chi connectivity index (χ1v) is 6.83. The Hall–Kier alpha value is -1.10. The summed E-state index contributed by atoms with van der Waals surface area (Å²) < 4.78 is 5.24. The third kappa shape index (κ3) is 3.45. The van der Waals surface area contributed by atoms with Crippen molar-refractivity contribution in [3.8, 4) is 6.01 Å². The van der Waals surface area contributed by atoms with Gasteiger partial charge in [0.25, 0.3) is 0 Å². The first kappa shape index (κ1) is 13.3. The van der Waals surface area contributed by atoms with Crippen LogP contribution in [-0.2, 0) is 0 Å². The van der Waals surface area contributed by atoms with Crippen LogP contribution in [0.4, 0.5) is 5.95 Å². The second-order valence-electron chi connectivity index (χ2n) is 4.75. The number of rotatable bonds is 7. The smallest absolute Gasteiger partial charge is 0.322 e. The molecule has 0 aromatic carbocycles. The van der Waals surface area contributed by atoms with Gasteiger partial charge in [0.15, 0.2) is 0 Å². The van der Waals surface area contributed by atoms with Gasteiger partial charge in [0.1, 0.15) is 0 Å². The maximum Gasteiger partial charge on any atom is 0.322 e. The molecule has 0 bridgehead atoms. The van der Waals surface area contributed by atoms with Crippen LogP contribution in [0.5, 0.6) is 6.01 Å². The second kappa shape index (κ2) is 5.69. The van der Waals surface area contributed by atoms with Crippen molar-refractivity contribution in [2.75, 3.05) is 18.5 Å². The van der Waals surface area contributed by atoms with E-state index in [4.69, 9.17) is 16.3 Å². The highest BCUT2D eigenvalue weighted by molar-refractivity contribution is 6.28. The predicted molar refractivity (Wildman–Crippen MR) is 71.1 cm³/mol. The van der Waals surface area contributed by atoms with Crippen molar-refractivity contribution in [2.24, 2.45) is 5.41 Å². The normalized spacial score (nSPS) is 16.4. The Morgan fingerprint density at radius 3 is 2.67 bits per heavy atom. The number of nitrogens with zero attached hydrogens (tertiary/aromatic N) is 3. The van der Waals surface area contributed by atoms with Gasteiger partial charge in [-0.1, -0.05) is 13.3 Å². The lowest BCUT2D eigenvalue weighted by atomic mass is 10.0. The van der Waals surface area contributed by atoms with E-state index in [0.717, 1.165) is 6.54 Å². The molecule has 0 spiro atoms. The van der Waals surface area contributed by atoms with Gasteiger partial charge in [-0.3, -0.25) is 0 Å². The summed E-state index contributed by atoms with van der Waals surface area (Å²) in [6.45, 7) is 5.50. The fourth-order valence-corrected chi connectivity index (χ4v) is 2.25. The molecule has 5 nitrogen and oxygen atoms in total. The van der Waals surface area contributed by atoms with Crippen molar-refractivity contribution in [1.29, 1.82) is 0 Å². The molecule has 100 valence electrons. The molecule has 0 aliphatic heterocycles. The Morgan fingerprint density at radius 1 is 1.28 bits per heavy atom. The van der Waals surface area contributed by atoms with Crippen LogP contribution in [0.1, 0.15) is 39.5 Å². The molecular weight excluding hydrogens is 252 g/mol. The molecule has 1 saturated carbocycles. The number of aromatic nitrogens is 3. The van der Waals surface area contributed by atoms with Gasteiger partial charge in [-0.25, -0.2) is 0 Å². The second-order valence-corrected chi connectivity index (χ2v) is 5.09. The molecule has 0 atom stereocenters. The molecule has 1 aromatic heterocycles. The summed E-state index contributed by atoms with van der Waals surface area (Å²) in [5, 5.41) is 3.41. The van der Waals surface area contributed by atoms with E-state index in [-0.39, 0.29) is 11.3 Å². The fraction of sp³-hybridized carbons (Fsp3) is 0.750. The number of nitrogens with one attached hydrogen (secondary N) is 1. The Balaban J connectivity index is 1.96. The van der Waals surface area contributed by atoms with Gasteiger partial charge in [-0.2, -0.15) is 15.0 Å². The zero-order valence-corrected chi connectivity index (χ0v) is 11.6. The molecule has 1 N–H and O–H groups in total. The van der Waals surface area contributed by atoms with Crippen LogP contribution in [-0.4, -0.2) is 28.1 Å². The number of hydrogen-bond acceptors (Lipinski definition) is 5. The summed E-state index contributed by atoms with van der Waals surface area (Å²) in [4.78, 5) is 12.1. The Bertz CT molecular complexity index is 409. The van der Waals surface area contributed by atoms with Gasteiger partial charge >= 0.3 is 6.01 Å². The van der Waals surface area contributed by atoms with Crippen LogP contribution in [0.15, 0.2) is 0 Å². The monoisotopic (exact) mass is 270 g/mol. The zero-order valence-electron chi connectivity index (χ0n) is 10.9. The predicted octanol–water partition coefficient (Wildman–Crippen LogP) is 2.92. The van der Waals surface area contributed by atoms with Crippen molar-refractivity contribution >= 4 is 17.5 Å². The van der Waals surface area contributed by atoms with Crippen molar-refractivity contribution in [1.82, 2.24) is 15.0 Å². The Labute approximate surface area is 112 Å². The minimum Gasteiger partial charge on any atom is -0.464 e. The quantitative estimate of drug-likeness (QED) is 0.825. The Kier molecular flexibility index (Phi) is 4.22. The maximum atomic E-state index is 5.83. The lowest BCUT2D eigenvalue weighted by Gasteiger charge is -2.14. The third-order valence-electron chi connectivity index (χ3n) is 3.22. The highest BCUT2D eigenvalue weighted by Crippen LogP contribution is 2.49. The number of ether oxygens (including phenoxy) is 1. The first-order chi connectivity index (χ1) is 8.67. The van der Waals surface area contributed by atoms with Crippen LogP contribution in [0, 0.1) is 5.41 Å². The van der Waals surface area contributed by atoms with E-state index in [9.17, 15) is 0 Å². The van der Waals surface area contributed by atoms with E-state index >= 15 is 0 Å². The summed E-state index contributed by atoms with van der Waals surface area (Å²) >= 11 is 5.83. The molecule has 18 heavy (non-hydrogen) atoms. The van der Waals surface area contributed by atoms with Crippen molar-refractivity contribution in [3.63, 3.8) is 0 Å². The minimum atomic E-state index is 0.163. The lowest BCUT2D eigenvalue weighted by molar-refractivity contribution is 0.312. The van der Waals surface area contributed by atoms with E-state index in [1.807, 2.05) is 6.92 Å². The lowest BCUT2D eigenvalue weighted by Crippen LogP contribution is -2.17. The molecule has 6 heteroatoms. The molecule has 0 radical (unpaired) electrons. The van der Waals surface area contributed by atoms with Gasteiger partial charge in [0.05, 0.1) is 6.61 Å². The largest absolute Gasteiger partial charge is 0.464 e. The van der Waals surface area contributed by atoms with Gasteiger partial charge in [-0.05, 0) is 43.2 Å². The van der Waals surface area contributed by atoms with E-state index < -0.39 is 0 Å². The summed E-state index contributed by atoms with van der Waals surface area (Å²) in [6, 6.07) is 0.278. The van der Waals surface area contributed by atoms with E-state index in [2.05, 4.69) is 27.2 Å². The summed E-state index contributed by atoms with van der Waals surface area (Å²) in [5.41, 5.74) is 0.444. The molecule has 0 unspecified atom stereocenters. The Morgan fingerprint density at radius 2 is 2.06 bits per heavy atom. The average molecular weight is 271 g/mol. The topological polar surface area (TPSA) is 59.9 Å². The fourth-order valence-electron chi connectivity index (χ4n) is 2.09. The number of anilines is 1. The molecule has 1 fully saturated rings. The molecular formula is C12H19ClN4O. The average Bonchev–Trinajstić information content (AvgIpc) is 3.07. The van der Waals surface area contributed by atoms with Crippen LogP contribution < -0.4 is 10.1 Å². The number of halogens is 1. The summed E-state index contributed by atoms with van der Waals surface area (Å²) in [7, 11) is 0. The van der Waals surface area contributed by atoms with E-state index in [0.29, 0.717) is 18.0 Å². The third-order valence-corrected chi connectivity index (χ3v) is 3.39. The van der Waals surface area contributed by atoms with Gasteiger partial charge in [0.2, 0.25) is 11.2 Å². The van der Waals surface area contributed by atoms with Crippen LogP contribution in [0.25, 0.3) is 0 Å². The van der Waals surface area contributed by atoms with E-state index in [1.54, 1.807) is 0 Å². The van der Waals surface area contributed by atoms with Gasteiger partial charge < -0.3 is 10.1 Å². The summed E-state index contributed by atoms with van der Waals surface area (Å²) in [6.07, 6.45) is 5.02. The van der Waals surface area contributed by atoms with Crippen LogP contribution >= 0.6 is 11.6 Å². The van der Waals surface area contributed by atoms with Gasteiger partial charge in [-0.15, -0.1) is 0 Å². The molecule has 1 aromatic rings. The molecule has 1 aliphatic carbocycles. The van der Waals surface area contributed by atoms with Crippen LogP contribution in [0.2, 0.25) is 5.28 Å². The van der Waals surface area contributed by atoms with Crippen molar-refractivity contribution in [3.05, 3.63) is 5.28 Å². The van der Waals surface area contributed by atoms with Crippen molar-refractivity contribution < 1.29 is 4.74 Å². The molecule has 0 amide bonds. The minimum absolute atomic E-state index is 0.163. The van der Waals surface area contributed by atoms with Gasteiger partial charge in [0, 0.05) is 6.54 Å². The SMILES string of the molecule is CCCC1(CNc2nc(Cl)nc(OCC)n2)CC1. The standard InChI is InChI=1S/C12H19ClN4O/c1-3-5-12(6-7-12)8-14-10-15-9(13)16-11(17-10)18-4-2/h3-8H2,1-2H3,(H,14,15,16,17). The molecule has 1 heterocycles. The highest BCUT2D eigenvalue weighted by atomic mass is 35.5. The molecule has 2 rings (SSSR count). The zero-order chi connectivity index (χ0) is 13.0. The first-order valence-electron chi connectivity index (χ1n) is 6.46. The van der Waals surface area contributed by atoms with E-state index in [1.165, 1.54) is 25.7 Å². The highest BCUT2D eigenvalue weighted by Gasteiger charge is 2.41. The summed E-state index contributed by atoms with van der Waals surface area (Å²) in [5.74, 6) is 0.501. The maximum absolute atomic E-state index is 5.83. The molecule has 0 saturated heterocycles. The van der Waals surface area contributed by atoms with Crippen molar-refractivity contribution in [2.45, 2.75) is 39.5 Å². The van der Waals surface area contributed by atoms with Crippen LogP contribution in [0.3, 0.4) is 0 Å². The molecule has 1 aliphatic rings.